The van der Waals surface area contributed by atoms with Gasteiger partial charge < -0.3 is 14.4 Å². The van der Waals surface area contributed by atoms with Gasteiger partial charge in [-0.15, -0.1) is 0 Å². The van der Waals surface area contributed by atoms with Crippen molar-refractivity contribution < 1.29 is 19.1 Å². The van der Waals surface area contributed by atoms with Crippen LogP contribution in [0.3, 0.4) is 0 Å². The molecule has 0 radical (unpaired) electrons. The number of ether oxygens (including phenoxy) is 2. The largest absolute Gasteiger partial charge is 0.467 e. The molecule has 6 nitrogen and oxygen atoms in total. The van der Waals surface area contributed by atoms with E-state index in [2.05, 4.69) is 36.1 Å². The lowest BCUT2D eigenvalue weighted by molar-refractivity contribution is -0.151. The van der Waals surface area contributed by atoms with Crippen LogP contribution in [0, 0.1) is 0 Å². The van der Waals surface area contributed by atoms with Crippen molar-refractivity contribution in [3.05, 3.63) is 66.2 Å². The minimum atomic E-state index is -1.04. The van der Waals surface area contributed by atoms with Gasteiger partial charge in [-0.25, -0.2) is 4.79 Å². The topological polar surface area (TPSA) is 59.1 Å². The third-order valence-electron chi connectivity index (χ3n) is 6.11. The Bertz CT molecular complexity index is 848. The van der Waals surface area contributed by atoms with Crippen LogP contribution in [0.2, 0.25) is 0 Å². The number of likely N-dealkylation sites (tertiary alicyclic amines) is 1. The summed E-state index contributed by atoms with van der Waals surface area (Å²) in [5.41, 5.74) is 0.938. The summed E-state index contributed by atoms with van der Waals surface area (Å²) in [6, 6.07) is 19.8. The molecule has 3 rings (SSSR count). The highest BCUT2D eigenvalue weighted by atomic mass is 16.5. The van der Waals surface area contributed by atoms with Crippen LogP contribution in [0.5, 0.6) is 0 Å². The smallest absolute Gasteiger partial charge is 0.332 e. The van der Waals surface area contributed by atoms with Crippen LogP contribution in [-0.4, -0.2) is 62.8 Å². The second kappa shape index (κ2) is 10.6. The summed E-state index contributed by atoms with van der Waals surface area (Å²) in [4.78, 5) is 30.1. The number of carbonyl (C=O) groups excluding carboxylic acids is 2. The Kier molecular flexibility index (Phi) is 7.82. The van der Waals surface area contributed by atoms with Crippen LogP contribution in [0.4, 0.5) is 5.69 Å². The molecule has 1 unspecified atom stereocenters. The molecule has 0 spiro atoms. The molecule has 1 saturated heterocycles. The van der Waals surface area contributed by atoms with Gasteiger partial charge in [-0.1, -0.05) is 55.5 Å². The summed E-state index contributed by atoms with van der Waals surface area (Å²) in [5, 5.41) is 0. The van der Waals surface area contributed by atoms with E-state index < -0.39 is 5.54 Å². The maximum Gasteiger partial charge on any atom is 0.332 e. The number of nitrogens with zero attached hydrogens (tertiary/aromatic N) is 2. The number of benzene rings is 2. The Hall–Kier alpha value is -2.70. The molecule has 166 valence electrons. The van der Waals surface area contributed by atoms with E-state index in [0.717, 1.165) is 6.54 Å². The number of esters is 1. The van der Waals surface area contributed by atoms with Crippen LogP contribution in [0.1, 0.15) is 31.2 Å². The molecule has 1 aliphatic heterocycles. The average Bonchev–Trinajstić information content (AvgIpc) is 2.81. The first-order valence-electron chi connectivity index (χ1n) is 10.7. The highest BCUT2D eigenvalue weighted by molar-refractivity contribution is 6.02. The first-order chi connectivity index (χ1) is 15.0. The Morgan fingerprint density at radius 2 is 1.58 bits per heavy atom. The summed E-state index contributed by atoms with van der Waals surface area (Å²) < 4.78 is 10.3. The monoisotopic (exact) mass is 424 g/mol. The lowest BCUT2D eigenvalue weighted by Crippen LogP contribution is -2.63. The fraction of sp³-hybridized carbons (Fsp3) is 0.440. The van der Waals surface area contributed by atoms with Crippen molar-refractivity contribution in [1.82, 2.24) is 4.90 Å². The second-order valence-electron chi connectivity index (χ2n) is 8.13. The molecule has 0 N–H and O–H groups in total. The summed E-state index contributed by atoms with van der Waals surface area (Å²) in [6.45, 7) is 4.43. The SMILES string of the molecule is COCC(=O)N(c1ccccc1)C1(C(=O)OC)CCN(CC(C)c2ccccc2)CC1. The predicted molar refractivity (Wildman–Crippen MR) is 121 cm³/mol. The first-order valence-corrected chi connectivity index (χ1v) is 10.7. The molecule has 0 aliphatic carbocycles. The zero-order chi connectivity index (χ0) is 22.3. The second-order valence-corrected chi connectivity index (χ2v) is 8.13. The van der Waals surface area contributed by atoms with Gasteiger partial charge >= 0.3 is 5.97 Å². The zero-order valence-corrected chi connectivity index (χ0v) is 18.6. The molecule has 1 fully saturated rings. The molecule has 1 aliphatic rings. The number of hydrogen-bond acceptors (Lipinski definition) is 5. The number of rotatable bonds is 8. The molecule has 6 heteroatoms. The maximum absolute atomic E-state index is 13.1. The molecular formula is C25H32N2O4. The molecule has 1 heterocycles. The summed E-state index contributed by atoms with van der Waals surface area (Å²) in [7, 11) is 2.87. The van der Waals surface area contributed by atoms with Gasteiger partial charge in [-0.2, -0.15) is 0 Å². The van der Waals surface area contributed by atoms with Crippen molar-refractivity contribution in [2.45, 2.75) is 31.2 Å². The number of anilines is 1. The third-order valence-corrected chi connectivity index (χ3v) is 6.11. The summed E-state index contributed by atoms with van der Waals surface area (Å²) in [5.74, 6) is -0.242. The molecular weight excluding hydrogens is 392 g/mol. The number of hydrogen-bond donors (Lipinski definition) is 0. The van der Waals surface area contributed by atoms with Crippen molar-refractivity contribution >= 4 is 17.6 Å². The summed E-state index contributed by atoms with van der Waals surface area (Å²) in [6.07, 6.45) is 1.01. The molecule has 0 bridgehead atoms. The molecule has 0 aromatic heterocycles. The standard InChI is InChI=1S/C25H32N2O4/c1-20(21-10-6-4-7-11-21)18-26-16-14-25(15-17-26,24(29)31-3)27(23(28)19-30-2)22-12-8-5-9-13-22/h4-13,20H,14-19H2,1-3H3. The molecule has 1 amide bonds. The van der Waals surface area contributed by atoms with E-state index in [0.29, 0.717) is 37.5 Å². The van der Waals surface area contributed by atoms with E-state index in [-0.39, 0.29) is 18.5 Å². The van der Waals surface area contributed by atoms with Crippen molar-refractivity contribution in [2.75, 3.05) is 45.4 Å². The fourth-order valence-corrected chi connectivity index (χ4v) is 4.48. The van der Waals surface area contributed by atoms with E-state index in [9.17, 15) is 9.59 Å². The highest BCUT2D eigenvalue weighted by Crippen LogP contribution is 2.35. The molecule has 2 aromatic carbocycles. The first kappa shape index (κ1) is 23.0. The highest BCUT2D eigenvalue weighted by Gasteiger charge is 2.50. The number of methoxy groups -OCH3 is 2. The van der Waals surface area contributed by atoms with Gasteiger partial charge in [-0.3, -0.25) is 9.69 Å². The Morgan fingerprint density at radius 3 is 2.13 bits per heavy atom. The van der Waals surface area contributed by atoms with Gasteiger partial charge in [0.25, 0.3) is 5.91 Å². The molecule has 1 atom stereocenters. The van der Waals surface area contributed by atoms with Crippen molar-refractivity contribution in [1.29, 1.82) is 0 Å². The van der Waals surface area contributed by atoms with E-state index in [1.54, 1.807) is 4.90 Å². The molecule has 31 heavy (non-hydrogen) atoms. The number of carbonyl (C=O) groups is 2. The number of para-hydroxylation sites is 1. The summed E-state index contributed by atoms with van der Waals surface area (Å²) >= 11 is 0. The van der Waals surface area contributed by atoms with Gasteiger partial charge in [0.1, 0.15) is 12.1 Å². The molecule has 0 saturated carbocycles. The van der Waals surface area contributed by atoms with Gasteiger partial charge in [0.2, 0.25) is 0 Å². The zero-order valence-electron chi connectivity index (χ0n) is 18.6. The van der Waals surface area contributed by atoms with E-state index in [4.69, 9.17) is 9.47 Å². The minimum absolute atomic E-state index is 0.0948. The average molecular weight is 425 g/mol. The predicted octanol–water partition coefficient (Wildman–Crippen LogP) is 3.48. The van der Waals surface area contributed by atoms with Gasteiger partial charge in [0.15, 0.2) is 0 Å². The van der Waals surface area contributed by atoms with Crippen LogP contribution in [0.25, 0.3) is 0 Å². The minimum Gasteiger partial charge on any atom is -0.467 e. The van der Waals surface area contributed by atoms with Gasteiger partial charge in [-0.05, 0) is 36.5 Å². The van der Waals surface area contributed by atoms with Crippen molar-refractivity contribution in [2.24, 2.45) is 0 Å². The number of amides is 1. The van der Waals surface area contributed by atoms with E-state index in [1.165, 1.54) is 19.8 Å². The Balaban J connectivity index is 1.82. The van der Waals surface area contributed by atoms with Crippen LogP contribution < -0.4 is 4.90 Å². The normalized spacial score (nSPS) is 17.0. The number of piperidine rings is 1. The van der Waals surface area contributed by atoms with Crippen molar-refractivity contribution in [3.8, 4) is 0 Å². The van der Waals surface area contributed by atoms with E-state index >= 15 is 0 Å². The van der Waals surface area contributed by atoms with Gasteiger partial charge in [0, 0.05) is 32.4 Å². The maximum atomic E-state index is 13.1. The molecule has 2 aromatic rings. The lowest BCUT2D eigenvalue weighted by Gasteiger charge is -2.46. The van der Waals surface area contributed by atoms with Crippen LogP contribution in [0.15, 0.2) is 60.7 Å². The van der Waals surface area contributed by atoms with Crippen LogP contribution >= 0.6 is 0 Å². The Morgan fingerprint density at radius 1 is 1.00 bits per heavy atom. The van der Waals surface area contributed by atoms with Gasteiger partial charge in [0.05, 0.1) is 7.11 Å². The van der Waals surface area contributed by atoms with Crippen LogP contribution in [-0.2, 0) is 19.1 Å². The lowest BCUT2D eigenvalue weighted by atomic mass is 9.84. The fourth-order valence-electron chi connectivity index (χ4n) is 4.48. The Labute approximate surface area is 184 Å². The van der Waals surface area contributed by atoms with E-state index in [1.807, 2.05) is 36.4 Å². The third kappa shape index (κ3) is 5.14. The van der Waals surface area contributed by atoms with Crippen molar-refractivity contribution in [3.63, 3.8) is 0 Å². The quantitative estimate of drug-likeness (QED) is 0.608.